The van der Waals surface area contributed by atoms with Crippen molar-refractivity contribution in [3.05, 3.63) is 70.7 Å². The largest absolute Gasteiger partial charge is 0.459 e. The summed E-state index contributed by atoms with van der Waals surface area (Å²) >= 11 is 13.3. The minimum absolute atomic E-state index is 0.0759. The van der Waals surface area contributed by atoms with E-state index in [-0.39, 0.29) is 16.6 Å². The van der Waals surface area contributed by atoms with Crippen LogP contribution in [0.2, 0.25) is 5.15 Å². The molecule has 0 fully saturated rings. The Kier molecular flexibility index (Phi) is 6.92. The highest BCUT2D eigenvalue weighted by Crippen LogP contribution is 2.40. The molecular formula is C22H24Cl2N7O2+. The van der Waals surface area contributed by atoms with Crippen LogP contribution in [0.5, 0.6) is 0 Å². The minimum atomic E-state index is -0.362. The Morgan fingerprint density at radius 1 is 1.27 bits per heavy atom. The number of esters is 1. The number of tetrazole rings is 1. The third-order valence-electron chi connectivity index (χ3n) is 5.41. The SMILES string of the molecule is CCCCc1nc(Cl)c(COC(C)=O)n1Cc1ccc([N+]2(Cl)C=CC=C2c2nnn[nH]2)cc1. The number of imidazole rings is 1. The number of carbonyl (C=O) groups is 1. The van der Waals surface area contributed by atoms with Gasteiger partial charge >= 0.3 is 5.97 Å². The molecule has 1 atom stereocenters. The lowest BCUT2D eigenvalue weighted by Crippen LogP contribution is -2.29. The zero-order valence-electron chi connectivity index (χ0n) is 18.3. The number of ether oxygens (including phenoxy) is 1. The van der Waals surface area contributed by atoms with Gasteiger partial charge in [-0.1, -0.05) is 37.1 Å². The molecular weight excluding hydrogens is 465 g/mol. The second-order valence-electron chi connectivity index (χ2n) is 7.68. The van der Waals surface area contributed by atoms with Gasteiger partial charge in [-0.15, -0.1) is 9.10 Å². The van der Waals surface area contributed by atoms with E-state index >= 15 is 0 Å². The molecule has 172 valence electrons. The van der Waals surface area contributed by atoms with E-state index in [9.17, 15) is 4.79 Å². The van der Waals surface area contributed by atoms with E-state index in [0.29, 0.717) is 23.2 Å². The van der Waals surface area contributed by atoms with Crippen molar-refractivity contribution in [3.63, 3.8) is 0 Å². The number of carbonyl (C=O) groups excluding carboxylic acids is 1. The fourth-order valence-electron chi connectivity index (χ4n) is 3.69. The summed E-state index contributed by atoms with van der Waals surface area (Å²) in [6, 6.07) is 7.94. The molecule has 0 saturated carbocycles. The molecule has 0 amide bonds. The van der Waals surface area contributed by atoms with Crippen molar-refractivity contribution in [1.82, 2.24) is 34.2 Å². The molecule has 1 aliphatic heterocycles. The quantitative estimate of drug-likeness (QED) is 0.350. The Morgan fingerprint density at radius 3 is 2.73 bits per heavy atom. The second-order valence-corrected chi connectivity index (χ2v) is 8.57. The molecule has 11 heteroatoms. The van der Waals surface area contributed by atoms with Gasteiger partial charge in [0.1, 0.15) is 18.6 Å². The highest BCUT2D eigenvalue weighted by molar-refractivity contribution is 6.30. The maximum Gasteiger partial charge on any atom is 0.303 e. The van der Waals surface area contributed by atoms with E-state index in [2.05, 4.69) is 32.5 Å². The standard InChI is InChI=1S/C22H24Cl2N7O2/c1-3-4-7-20-25-21(23)18(14-33-15(2)32)30(20)13-16-8-10-17(11-9-16)31(24)12-5-6-19(31)22-26-28-29-27-22/h5-6,8-12H,3-4,7,13-14H2,1-2H3,(H,26,27,28,29)/q+1. The number of aromatic nitrogens is 6. The highest BCUT2D eigenvalue weighted by Gasteiger charge is 2.38. The van der Waals surface area contributed by atoms with Crippen LogP contribution in [0.4, 0.5) is 5.69 Å². The van der Waals surface area contributed by atoms with Crippen molar-refractivity contribution >= 4 is 40.7 Å². The average molecular weight is 489 g/mol. The summed E-state index contributed by atoms with van der Waals surface area (Å²) in [6.45, 7) is 4.13. The fourth-order valence-corrected chi connectivity index (χ4v) is 4.26. The van der Waals surface area contributed by atoms with Gasteiger partial charge in [0.25, 0.3) is 0 Å². The summed E-state index contributed by atoms with van der Waals surface area (Å²) in [5.74, 6) is 1.01. The number of H-pyrrole nitrogens is 1. The number of aryl methyl sites for hydroxylation is 1. The number of quaternary nitrogens is 1. The molecule has 1 aliphatic rings. The van der Waals surface area contributed by atoms with Gasteiger partial charge in [-0.25, -0.2) is 10.1 Å². The lowest BCUT2D eigenvalue weighted by atomic mass is 10.1. The molecule has 3 heterocycles. The third kappa shape index (κ3) is 4.85. The first-order valence-electron chi connectivity index (χ1n) is 10.6. The highest BCUT2D eigenvalue weighted by atomic mass is 35.5. The number of allylic oxidation sites excluding steroid dienone is 2. The molecule has 2 aromatic heterocycles. The smallest absolute Gasteiger partial charge is 0.303 e. The fraction of sp³-hybridized carbons (Fsp3) is 0.318. The number of aromatic amines is 1. The van der Waals surface area contributed by atoms with Crippen molar-refractivity contribution in [2.75, 3.05) is 0 Å². The van der Waals surface area contributed by atoms with E-state index in [0.717, 1.165) is 42.0 Å². The number of nitrogens with zero attached hydrogens (tertiary/aromatic N) is 6. The molecule has 0 saturated heterocycles. The topological polar surface area (TPSA) is 98.6 Å². The van der Waals surface area contributed by atoms with Crippen LogP contribution in [0, 0.1) is 0 Å². The van der Waals surface area contributed by atoms with E-state index < -0.39 is 0 Å². The average Bonchev–Trinajstić information content (AvgIpc) is 3.52. The number of halogens is 2. The third-order valence-corrected chi connectivity index (χ3v) is 6.20. The molecule has 1 aromatic carbocycles. The van der Waals surface area contributed by atoms with Gasteiger partial charge in [0.2, 0.25) is 11.5 Å². The van der Waals surface area contributed by atoms with Gasteiger partial charge in [-0.05, 0) is 28.5 Å². The van der Waals surface area contributed by atoms with Gasteiger partial charge in [-0.2, -0.15) is 0 Å². The van der Waals surface area contributed by atoms with E-state index in [1.54, 1.807) is 0 Å². The molecule has 3 aromatic rings. The van der Waals surface area contributed by atoms with Crippen LogP contribution in [0.3, 0.4) is 0 Å². The molecule has 4 rings (SSSR count). The number of nitrogens with one attached hydrogen (secondary N) is 1. The molecule has 0 bridgehead atoms. The first-order chi connectivity index (χ1) is 15.9. The van der Waals surface area contributed by atoms with Crippen molar-refractivity contribution in [2.24, 2.45) is 0 Å². The van der Waals surface area contributed by atoms with Gasteiger partial charge in [-0.3, -0.25) is 4.79 Å². The zero-order chi connectivity index (χ0) is 23.4. The maximum absolute atomic E-state index is 11.3. The molecule has 33 heavy (non-hydrogen) atoms. The number of rotatable bonds is 9. The van der Waals surface area contributed by atoms with E-state index in [1.165, 1.54) is 6.92 Å². The van der Waals surface area contributed by atoms with Crippen molar-refractivity contribution < 1.29 is 9.53 Å². The molecule has 0 spiro atoms. The molecule has 0 radical (unpaired) electrons. The Balaban J connectivity index is 1.60. The van der Waals surface area contributed by atoms with Gasteiger partial charge in [0.05, 0.1) is 5.69 Å². The summed E-state index contributed by atoms with van der Waals surface area (Å²) in [6.07, 6.45) is 8.41. The van der Waals surface area contributed by atoms with Crippen LogP contribution in [0.1, 0.15) is 49.6 Å². The Bertz CT molecular complexity index is 1190. The minimum Gasteiger partial charge on any atom is -0.459 e. The van der Waals surface area contributed by atoms with Crippen molar-refractivity contribution in [1.29, 1.82) is 0 Å². The number of hydrogen-bond acceptors (Lipinski definition) is 6. The van der Waals surface area contributed by atoms with Crippen LogP contribution in [-0.2, 0) is 29.1 Å². The summed E-state index contributed by atoms with van der Waals surface area (Å²) in [7, 11) is 0. The van der Waals surface area contributed by atoms with Gasteiger partial charge < -0.3 is 9.30 Å². The predicted molar refractivity (Wildman–Crippen MR) is 126 cm³/mol. The molecule has 1 N–H and O–H groups in total. The van der Waals surface area contributed by atoms with Crippen LogP contribution in [0.25, 0.3) is 5.70 Å². The monoisotopic (exact) mass is 488 g/mol. The molecule has 0 aliphatic carbocycles. The maximum atomic E-state index is 11.3. The Hall–Kier alpha value is -3.01. The van der Waals surface area contributed by atoms with Crippen LogP contribution >= 0.6 is 23.4 Å². The number of unbranched alkanes of at least 4 members (excludes halogenated alkanes) is 1. The summed E-state index contributed by atoms with van der Waals surface area (Å²) < 4.78 is 7.17. The van der Waals surface area contributed by atoms with Crippen molar-refractivity contribution in [2.45, 2.75) is 46.3 Å². The first-order valence-corrected chi connectivity index (χ1v) is 11.3. The lowest BCUT2D eigenvalue weighted by Gasteiger charge is -2.22. The molecule has 1 unspecified atom stereocenters. The Labute approximate surface area is 201 Å². The van der Waals surface area contributed by atoms with E-state index in [1.807, 2.05) is 47.2 Å². The number of hydrogen-bond donors (Lipinski definition) is 1. The predicted octanol–water partition coefficient (Wildman–Crippen LogP) is 4.53. The second kappa shape index (κ2) is 9.86. The zero-order valence-corrected chi connectivity index (χ0v) is 19.8. The normalized spacial score (nSPS) is 17.4. The van der Waals surface area contributed by atoms with Crippen LogP contribution < -0.4 is 4.00 Å². The van der Waals surface area contributed by atoms with Gasteiger partial charge in [0, 0.05) is 38.1 Å². The molecule has 9 nitrogen and oxygen atoms in total. The first kappa shape index (κ1) is 23.2. The summed E-state index contributed by atoms with van der Waals surface area (Å²) in [5.41, 5.74) is 3.29. The summed E-state index contributed by atoms with van der Waals surface area (Å²) in [5, 5.41) is 14.4. The summed E-state index contributed by atoms with van der Waals surface area (Å²) in [4.78, 5) is 15.9. The van der Waals surface area contributed by atoms with Gasteiger partial charge in [0.15, 0.2) is 22.6 Å². The lowest BCUT2D eigenvalue weighted by molar-refractivity contribution is -0.142. The van der Waals surface area contributed by atoms with Crippen LogP contribution in [0.15, 0.2) is 42.6 Å². The number of benzene rings is 1. The van der Waals surface area contributed by atoms with Crippen LogP contribution in [-0.4, -0.2) is 36.1 Å². The Morgan fingerprint density at radius 2 is 2.06 bits per heavy atom. The van der Waals surface area contributed by atoms with E-state index in [4.69, 9.17) is 28.1 Å². The van der Waals surface area contributed by atoms with Crippen molar-refractivity contribution in [3.8, 4) is 0 Å².